The number of hydrogen-bond acceptors (Lipinski definition) is 4. The summed E-state index contributed by atoms with van der Waals surface area (Å²) in [6, 6.07) is 0. The van der Waals surface area contributed by atoms with Gasteiger partial charge in [0.05, 0.1) is 0 Å². The van der Waals surface area contributed by atoms with Gasteiger partial charge in [-0.3, -0.25) is 19.2 Å². The van der Waals surface area contributed by atoms with Crippen molar-refractivity contribution in [3.8, 4) is 0 Å². The normalized spacial score (nSPS) is 5.00. The molecule has 0 aliphatic heterocycles. The highest BCUT2D eigenvalue weighted by Crippen LogP contribution is 1.36. The van der Waals surface area contributed by atoms with Crippen molar-refractivity contribution < 1.29 is 19.2 Å². The second-order valence-electron chi connectivity index (χ2n) is 1.49. The van der Waals surface area contributed by atoms with Crippen LogP contribution in [-0.2, 0) is 19.2 Å². The zero-order valence-electron chi connectivity index (χ0n) is 9.08. The summed E-state index contributed by atoms with van der Waals surface area (Å²) in [5.41, 5.74) is 0. The van der Waals surface area contributed by atoms with Crippen molar-refractivity contribution in [3.05, 3.63) is 50.6 Å². The van der Waals surface area contributed by atoms with Gasteiger partial charge in [0.2, 0.25) is 0 Å². The molecule has 88 valence electrons. The molecule has 0 amide bonds. The Morgan fingerprint density at radius 3 is 0.500 bits per heavy atom. The Morgan fingerprint density at radius 2 is 0.500 bits per heavy atom. The highest BCUT2D eigenvalue weighted by Gasteiger charge is 1.39. The summed E-state index contributed by atoms with van der Waals surface area (Å²) in [6.07, 6.45) is 7.33. The van der Waals surface area contributed by atoms with Gasteiger partial charge in [-0.25, -0.2) is 0 Å². The van der Waals surface area contributed by atoms with E-state index in [1.54, 1.807) is 0 Å². The third-order valence-corrected chi connectivity index (χ3v) is 0.385. The molecule has 0 saturated heterocycles. The molecule has 0 aromatic heterocycles. The minimum atomic E-state index is 0.639. The van der Waals surface area contributed by atoms with Crippen molar-refractivity contribution >= 4 is 25.1 Å². The lowest BCUT2D eigenvalue weighted by atomic mass is 10.8. The minimum absolute atomic E-state index is 0.639. The van der Waals surface area contributed by atoms with E-state index in [4.69, 9.17) is 19.2 Å². The number of carbonyl (C=O) groups excluding carboxylic acids is 4. The summed E-state index contributed by atoms with van der Waals surface area (Å²) in [4.78, 5) is 36.2. The molecule has 4 nitrogen and oxygen atoms in total. The molecule has 0 unspecified atom stereocenters. The summed E-state index contributed by atoms with van der Waals surface area (Å²) in [7, 11) is 0. The zero-order valence-corrected chi connectivity index (χ0v) is 9.08. The first kappa shape index (κ1) is 23.5. The fourth-order valence-corrected chi connectivity index (χ4v) is 0. The predicted molar refractivity (Wildman–Crippen MR) is 65.0 cm³/mol. The van der Waals surface area contributed by atoms with Crippen LogP contribution in [-0.4, -0.2) is 25.1 Å². The molecule has 0 heterocycles. The maximum Gasteiger partial charge on any atom is 0.142 e. The lowest BCUT2D eigenvalue weighted by molar-refractivity contribution is -0.104. The molecule has 0 saturated carbocycles. The van der Waals surface area contributed by atoms with Crippen molar-refractivity contribution in [1.29, 1.82) is 0 Å². The number of allylic oxidation sites excluding steroid dienone is 4. The van der Waals surface area contributed by atoms with Crippen molar-refractivity contribution in [1.82, 2.24) is 0 Å². The maximum absolute atomic E-state index is 9.06. The molecule has 0 rings (SSSR count). The Morgan fingerprint density at radius 1 is 0.438 bits per heavy atom. The van der Waals surface area contributed by atoms with Gasteiger partial charge in [0.25, 0.3) is 0 Å². The number of aldehydes is 4. The van der Waals surface area contributed by atoms with Gasteiger partial charge in [-0.1, -0.05) is 26.3 Å². The average molecular weight is 224 g/mol. The van der Waals surface area contributed by atoms with Crippen molar-refractivity contribution in [3.63, 3.8) is 0 Å². The molecule has 16 heavy (non-hydrogen) atoms. The molecule has 4 heteroatoms. The highest BCUT2D eigenvalue weighted by atomic mass is 16.1. The third-order valence-electron chi connectivity index (χ3n) is 0.385. The summed E-state index contributed by atoms with van der Waals surface area (Å²) in [6.45, 7) is 12.4. The number of rotatable bonds is 4. The summed E-state index contributed by atoms with van der Waals surface area (Å²) < 4.78 is 0. The molecule has 0 aliphatic carbocycles. The summed E-state index contributed by atoms with van der Waals surface area (Å²) in [5.74, 6) is 0. The van der Waals surface area contributed by atoms with Crippen LogP contribution in [0.5, 0.6) is 0 Å². The van der Waals surface area contributed by atoms with Crippen LogP contribution in [0.15, 0.2) is 50.6 Å². The molecule has 0 aromatic rings. The molecule has 0 N–H and O–H groups in total. The Kier molecular flexibility index (Phi) is 78.9. The van der Waals surface area contributed by atoms with Gasteiger partial charge >= 0.3 is 0 Å². The topological polar surface area (TPSA) is 68.3 Å². The van der Waals surface area contributed by atoms with Crippen LogP contribution in [0.25, 0.3) is 0 Å². The van der Waals surface area contributed by atoms with E-state index in [1.807, 2.05) is 0 Å². The van der Waals surface area contributed by atoms with Crippen LogP contribution in [0.4, 0.5) is 0 Å². The first-order valence-corrected chi connectivity index (χ1v) is 3.91. The van der Waals surface area contributed by atoms with Crippen LogP contribution in [0.1, 0.15) is 0 Å². The summed E-state index contributed by atoms with van der Waals surface area (Å²) in [5, 5.41) is 0. The first-order chi connectivity index (χ1) is 7.66. The van der Waals surface area contributed by atoms with E-state index in [2.05, 4.69) is 26.3 Å². The van der Waals surface area contributed by atoms with Gasteiger partial charge < -0.3 is 0 Å². The van der Waals surface area contributed by atoms with Gasteiger partial charge in [0.15, 0.2) is 0 Å². The van der Waals surface area contributed by atoms with Gasteiger partial charge in [0, 0.05) is 0 Å². The smallest absolute Gasteiger partial charge is 0.142 e. The lowest BCUT2D eigenvalue weighted by Crippen LogP contribution is -1.44. The minimum Gasteiger partial charge on any atom is -0.299 e. The standard InChI is InChI=1S/4C3H4O/c4*1-2-3-4/h4*2-3H,1H2. The Balaban J connectivity index is -0.0000000600. The Bertz CT molecular complexity index is 145. The van der Waals surface area contributed by atoms with Crippen LogP contribution in [0, 0.1) is 0 Å². The predicted octanol–water partition coefficient (Wildman–Crippen LogP) is 1.49. The number of hydrogen-bond donors (Lipinski definition) is 0. The van der Waals surface area contributed by atoms with E-state index in [-0.39, 0.29) is 0 Å². The molecule has 0 atom stereocenters. The van der Waals surface area contributed by atoms with Gasteiger partial charge in [-0.2, -0.15) is 0 Å². The molecule has 0 bridgehead atoms. The average Bonchev–Trinajstić information content (AvgIpc) is 2.39. The summed E-state index contributed by atoms with van der Waals surface area (Å²) >= 11 is 0. The Labute approximate surface area is 95.7 Å². The molecular weight excluding hydrogens is 208 g/mol. The molecule has 0 aliphatic rings. The first-order valence-electron chi connectivity index (χ1n) is 3.91. The molecule has 0 fully saturated rings. The van der Waals surface area contributed by atoms with E-state index in [1.165, 1.54) is 24.3 Å². The quantitative estimate of drug-likeness (QED) is 0.536. The van der Waals surface area contributed by atoms with E-state index in [0.29, 0.717) is 25.1 Å². The molecule has 0 spiro atoms. The van der Waals surface area contributed by atoms with Crippen LogP contribution in [0.3, 0.4) is 0 Å². The monoisotopic (exact) mass is 224 g/mol. The molecule has 0 radical (unpaired) electrons. The molecular formula is C12H16O4. The van der Waals surface area contributed by atoms with E-state index >= 15 is 0 Å². The maximum atomic E-state index is 9.06. The fraction of sp³-hybridized carbons (Fsp3) is 0. The van der Waals surface area contributed by atoms with Crippen molar-refractivity contribution in [2.45, 2.75) is 0 Å². The second kappa shape index (κ2) is 53.8. The lowest BCUT2D eigenvalue weighted by Gasteiger charge is -1.37. The van der Waals surface area contributed by atoms with Crippen molar-refractivity contribution in [2.24, 2.45) is 0 Å². The van der Waals surface area contributed by atoms with Crippen LogP contribution in [0.2, 0.25) is 0 Å². The van der Waals surface area contributed by atoms with E-state index in [0.717, 1.165) is 0 Å². The fourth-order valence-electron chi connectivity index (χ4n) is 0. The SMILES string of the molecule is C=CC=O.C=CC=O.C=CC=O.C=CC=O. The van der Waals surface area contributed by atoms with E-state index in [9.17, 15) is 0 Å². The number of carbonyl (C=O) groups is 4. The van der Waals surface area contributed by atoms with Crippen LogP contribution < -0.4 is 0 Å². The Hall–Kier alpha value is -2.36. The van der Waals surface area contributed by atoms with Crippen LogP contribution >= 0.6 is 0 Å². The highest BCUT2D eigenvalue weighted by molar-refractivity contribution is 5.64. The second-order valence-corrected chi connectivity index (χ2v) is 1.49. The largest absolute Gasteiger partial charge is 0.299 e. The van der Waals surface area contributed by atoms with Gasteiger partial charge in [-0.05, 0) is 24.3 Å². The van der Waals surface area contributed by atoms with Gasteiger partial charge in [0.1, 0.15) is 25.1 Å². The zero-order chi connectivity index (χ0) is 13.7. The third kappa shape index (κ3) is 490. The van der Waals surface area contributed by atoms with Crippen molar-refractivity contribution in [2.75, 3.05) is 0 Å². The van der Waals surface area contributed by atoms with Gasteiger partial charge in [-0.15, -0.1) is 0 Å². The van der Waals surface area contributed by atoms with E-state index < -0.39 is 0 Å². The molecule has 0 aromatic carbocycles.